The van der Waals surface area contributed by atoms with Gasteiger partial charge in [-0.05, 0) is 74.0 Å². The van der Waals surface area contributed by atoms with Crippen LogP contribution in [0.4, 0.5) is 11.4 Å². The number of para-hydroxylation sites is 1. The van der Waals surface area contributed by atoms with Crippen LogP contribution in [0.15, 0.2) is 77.4 Å². The predicted octanol–water partition coefficient (Wildman–Crippen LogP) is 5.26. The fourth-order valence-corrected chi connectivity index (χ4v) is 3.85. The summed E-state index contributed by atoms with van der Waals surface area (Å²) in [6.45, 7) is 3.64. The van der Waals surface area contributed by atoms with E-state index in [1.807, 2.05) is 6.92 Å². The highest BCUT2D eigenvalue weighted by Crippen LogP contribution is 2.31. The minimum absolute atomic E-state index is 0.115. The van der Waals surface area contributed by atoms with Crippen molar-refractivity contribution < 1.29 is 29.0 Å². The lowest BCUT2D eigenvalue weighted by molar-refractivity contribution is -0.118. The molecular formula is C28H24ClN3O6. The van der Waals surface area contributed by atoms with E-state index in [4.69, 9.17) is 26.2 Å². The van der Waals surface area contributed by atoms with Crippen LogP contribution in [0.25, 0.3) is 6.08 Å². The minimum atomic E-state index is -1.05. The van der Waals surface area contributed by atoms with Crippen molar-refractivity contribution >= 4 is 52.5 Å². The number of carbonyl (C=O) groups is 3. The number of hydrogen-bond acceptors (Lipinski definition) is 6. The van der Waals surface area contributed by atoms with Crippen LogP contribution in [0.1, 0.15) is 29.8 Å². The van der Waals surface area contributed by atoms with Gasteiger partial charge in [0, 0.05) is 0 Å². The second-order valence-corrected chi connectivity index (χ2v) is 8.58. The minimum Gasteiger partial charge on any atom is -0.490 e. The van der Waals surface area contributed by atoms with Crippen molar-refractivity contribution in [1.29, 1.82) is 0 Å². The Hall–Kier alpha value is -4.63. The van der Waals surface area contributed by atoms with Crippen LogP contribution < -0.4 is 19.8 Å². The molecular weight excluding hydrogens is 510 g/mol. The van der Waals surface area contributed by atoms with Crippen LogP contribution in [0.3, 0.4) is 0 Å². The highest BCUT2D eigenvalue weighted by atomic mass is 35.5. The summed E-state index contributed by atoms with van der Waals surface area (Å²) in [4.78, 5) is 36.5. The van der Waals surface area contributed by atoms with E-state index in [9.17, 15) is 14.4 Å². The quantitative estimate of drug-likeness (QED) is 0.362. The number of aromatic carboxylic acids is 1. The number of carboxylic acids is 1. The molecule has 1 aliphatic rings. The van der Waals surface area contributed by atoms with Gasteiger partial charge in [-0.15, -0.1) is 0 Å². The molecule has 1 heterocycles. The Labute approximate surface area is 223 Å². The van der Waals surface area contributed by atoms with Crippen molar-refractivity contribution in [2.24, 2.45) is 5.10 Å². The van der Waals surface area contributed by atoms with Crippen molar-refractivity contribution in [1.82, 2.24) is 0 Å². The highest BCUT2D eigenvalue weighted by Gasteiger charge is 2.29. The van der Waals surface area contributed by atoms with Crippen molar-refractivity contribution in [2.75, 3.05) is 23.5 Å². The van der Waals surface area contributed by atoms with E-state index in [0.717, 1.165) is 0 Å². The van der Waals surface area contributed by atoms with Gasteiger partial charge < -0.3 is 19.9 Å². The third-order valence-corrected chi connectivity index (χ3v) is 5.84. The lowest BCUT2D eigenvalue weighted by Crippen LogP contribution is -2.21. The molecule has 0 saturated heterocycles. The number of anilines is 2. The molecule has 3 aromatic carbocycles. The van der Waals surface area contributed by atoms with Crippen LogP contribution in [-0.4, -0.2) is 41.8 Å². The number of hydrazone groups is 1. The summed E-state index contributed by atoms with van der Waals surface area (Å²) in [7, 11) is 0. The number of rotatable bonds is 9. The Balaban J connectivity index is 1.49. The monoisotopic (exact) mass is 533 g/mol. The summed E-state index contributed by atoms with van der Waals surface area (Å²) < 4.78 is 11.4. The van der Waals surface area contributed by atoms with Crippen molar-refractivity contribution in [3.63, 3.8) is 0 Å². The number of benzene rings is 3. The molecule has 0 spiro atoms. The van der Waals surface area contributed by atoms with Gasteiger partial charge in [-0.2, -0.15) is 10.1 Å². The zero-order valence-corrected chi connectivity index (χ0v) is 21.4. The molecule has 2 amide bonds. The van der Waals surface area contributed by atoms with Gasteiger partial charge in [0.2, 0.25) is 0 Å². The van der Waals surface area contributed by atoms with Crippen molar-refractivity contribution in [3.8, 4) is 11.5 Å². The van der Waals surface area contributed by atoms with Crippen molar-refractivity contribution in [3.05, 3.63) is 88.5 Å². The van der Waals surface area contributed by atoms with Crippen LogP contribution in [0, 0.1) is 0 Å². The number of amides is 2. The maximum atomic E-state index is 13.1. The third kappa shape index (κ3) is 6.01. The largest absolute Gasteiger partial charge is 0.490 e. The highest BCUT2D eigenvalue weighted by molar-refractivity contribution is 6.33. The molecule has 3 aromatic rings. The lowest BCUT2D eigenvalue weighted by atomic mass is 10.1. The summed E-state index contributed by atoms with van der Waals surface area (Å²) in [5.74, 6) is -1.00. The fourth-order valence-electron chi connectivity index (χ4n) is 3.67. The first-order valence-corrected chi connectivity index (χ1v) is 12.0. The van der Waals surface area contributed by atoms with Gasteiger partial charge in [-0.1, -0.05) is 29.8 Å². The summed E-state index contributed by atoms with van der Waals surface area (Å²) in [6, 6.07) is 17.9. The zero-order chi connectivity index (χ0) is 27.2. The number of nitrogens with zero attached hydrogens (tertiary/aromatic N) is 2. The standard InChI is InChI=1S/C28H24ClN3O6/c1-3-37-25-15-18(8-13-24(25)38-16-26(33)30-23-7-5-4-6-22(23)29)14-21-17(2)31-32(27(21)34)20-11-9-19(10-12-20)28(35)36/h4-15H,3,16H2,1-2H3,(H,30,33)(H,35,36). The molecule has 0 bridgehead atoms. The molecule has 0 saturated carbocycles. The molecule has 2 N–H and O–H groups in total. The lowest BCUT2D eigenvalue weighted by Gasteiger charge is -2.13. The topological polar surface area (TPSA) is 118 Å². The molecule has 0 aromatic heterocycles. The summed E-state index contributed by atoms with van der Waals surface area (Å²) >= 11 is 6.08. The molecule has 4 rings (SSSR count). The summed E-state index contributed by atoms with van der Waals surface area (Å²) in [5.41, 5.74) is 2.61. The van der Waals surface area contributed by atoms with E-state index in [1.54, 1.807) is 55.5 Å². The molecule has 10 heteroatoms. The molecule has 0 aliphatic carbocycles. The number of halogens is 1. The van der Waals surface area contributed by atoms with E-state index in [1.165, 1.54) is 29.3 Å². The van der Waals surface area contributed by atoms with Gasteiger partial charge in [0.05, 0.1) is 39.9 Å². The van der Waals surface area contributed by atoms with Crippen LogP contribution >= 0.6 is 11.6 Å². The van der Waals surface area contributed by atoms with E-state index in [-0.39, 0.29) is 24.0 Å². The summed E-state index contributed by atoms with van der Waals surface area (Å²) in [5, 5.41) is 17.8. The molecule has 0 unspecified atom stereocenters. The first-order valence-electron chi connectivity index (χ1n) is 11.7. The maximum Gasteiger partial charge on any atom is 0.335 e. The molecule has 0 radical (unpaired) electrons. The second kappa shape index (κ2) is 11.6. The van der Waals surface area contributed by atoms with E-state index in [0.29, 0.717) is 51.4 Å². The Morgan fingerprint density at radius 3 is 2.47 bits per heavy atom. The van der Waals surface area contributed by atoms with Gasteiger partial charge in [-0.25, -0.2) is 4.79 Å². The van der Waals surface area contributed by atoms with E-state index < -0.39 is 5.97 Å². The Kier molecular flexibility index (Phi) is 8.08. The summed E-state index contributed by atoms with van der Waals surface area (Å²) in [6.07, 6.45) is 1.68. The van der Waals surface area contributed by atoms with Crippen LogP contribution in [-0.2, 0) is 9.59 Å². The molecule has 1 aliphatic heterocycles. The van der Waals surface area contributed by atoms with E-state index in [2.05, 4.69) is 10.4 Å². The van der Waals surface area contributed by atoms with Crippen molar-refractivity contribution in [2.45, 2.75) is 13.8 Å². The number of carbonyl (C=O) groups excluding carboxylic acids is 2. The number of carboxylic acid groups (broad SMARTS) is 1. The number of nitrogens with one attached hydrogen (secondary N) is 1. The third-order valence-electron chi connectivity index (χ3n) is 5.51. The van der Waals surface area contributed by atoms with Gasteiger partial charge in [0.15, 0.2) is 18.1 Å². The van der Waals surface area contributed by atoms with Crippen LogP contribution in [0.2, 0.25) is 5.02 Å². The average molecular weight is 534 g/mol. The maximum absolute atomic E-state index is 13.1. The number of ether oxygens (including phenoxy) is 2. The van der Waals surface area contributed by atoms with Gasteiger partial charge in [0.1, 0.15) is 0 Å². The smallest absolute Gasteiger partial charge is 0.335 e. The van der Waals surface area contributed by atoms with Crippen LogP contribution in [0.5, 0.6) is 11.5 Å². The first kappa shape index (κ1) is 26.4. The average Bonchev–Trinajstić information content (AvgIpc) is 3.18. The van der Waals surface area contributed by atoms with Gasteiger partial charge >= 0.3 is 5.97 Å². The Morgan fingerprint density at radius 2 is 1.79 bits per heavy atom. The second-order valence-electron chi connectivity index (χ2n) is 8.17. The predicted molar refractivity (Wildman–Crippen MR) is 145 cm³/mol. The molecule has 0 fully saturated rings. The first-order chi connectivity index (χ1) is 18.3. The molecule has 9 nitrogen and oxygen atoms in total. The Morgan fingerprint density at radius 1 is 1.05 bits per heavy atom. The Bertz CT molecular complexity index is 1450. The number of hydrogen-bond donors (Lipinski definition) is 2. The molecule has 0 atom stereocenters. The molecule has 38 heavy (non-hydrogen) atoms. The normalized spacial score (nSPS) is 13.9. The van der Waals surface area contributed by atoms with Gasteiger partial charge in [0.25, 0.3) is 11.8 Å². The zero-order valence-electron chi connectivity index (χ0n) is 20.6. The molecule has 194 valence electrons. The van der Waals surface area contributed by atoms with E-state index >= 15 is 0 Å². The van der Waals surface area contributed by atoms with Gasteiger partial charge in [-0.3, -0.25) is 9.59 Å². The fraction of sp³-hybridized carbons (Fsp3) is 0.143. The SMILES string of the molecule is CCOc1cc(C=C2C(=O)N(c3ccc(C(=O)O)cc3)N=C2C)ccc1OCC(=O)Nc1ccccc1Cl.